The quantitative estimate of drug-likeness (QED) is 0.586. The van der Waals surface area contributed by atoms with E-state index < -0.39 is 0 Å². The Hall–Kier alpha value is -1.32. The van der Waals surface area contributed by atoms with Gasteiger partial charge in [-0.3, -0.25) is 10.1 Å². The van der Waals surface area contributed by atoms with Crippen LogP contribution in [0.25, 0.3) is 0 Å². The van der Waals surface area contributed by atoms with Crippen molar-refractivity contribution in [3.05, 3.63) is 17.5 Å². The lowest BCUT2D eigenvalue weighted by molar-refractivity contribution is 0.376. The smallest absolute Gasteiger partial charge is 0.202 e. The zero-order valence-electron chi connectivity index (χ0n) is 9.00. The van der Waals surface area contributed by atoms with E-state index >= 15 is 0 Å². The summed E-state index contributed by atoms with van der Waals surface area (Å²) >= 11 is 0. The van der Waals surface area contributed by atoms with Crippen LogP contribution in [-0.4, -0.2) is 22.8 Å². The van der Waals surface area contributed by atoms with Gasteiger partial charge in [-0.1, -0.05) is 13.8 Å². The molecule has 0 amide bonds. The first kappa shape index (κ1) is 10.8. The molecule has 0 fully saturated rings. The third-order valence-corrected chi connectivity index (χ3v) is 2.18. The molecule has 4 heteroatoms. The summed E-state index contributed by atoms with van der Waals surface area (Å²) in [6, 6.07) is 2.09. The number of methoxy groups -OCH3 is 1. The fourth-order valence-corrected chi connectivity index (χ4v) is 1.31. The van der Waals surface area contributed by atoms with Crippen LogP contribution >= 0.6 is 0 Å². The van der Waals surface area contributed by atoms with Gasteiger partial charge in [0.25, 0.3) is 0 Å². The first-order valence-electron chi connectivity index (χ1n) is 4.88. The van der Waals surface area contributed by atoms with Crippen molar-refractivity contribution >= 4 is 5.90 Å². The summed E-state index contributed by atoms with van der Waals surface area (Å²) in [5.74, 6) is 0.241. The summed E-state index contributed by atoms with van der Waals surface area (Å²) < 4.78 is 6.66. The molecule has 0 spiro atoms. The van der Waals surface area contributed by atoms with Crippen LogP contribution in [-0.2, 0) is 24.1 Å². The Morgan fingerprint density at radius 3 is 2.71 bits per heavy atom. The van der Waals surface area contributed by atoms with Gasteiger partial charge in [0, 0.05) is 5.69 Å². The lowest BCUT2D eigenvalue weighted by Crippen LogP contribution is -2.14. The summed E-state index contributed by atoms with van der Waals surface area (Å²) in [5, 5.41) is 11.8. The Kier molecular flexibility index (Phi) is 3.68. The van der Waals surface area contributed by atoms with Crippen LogP contribution in [0.4, 0.5) is 0 Å². The molecule has 0 unspecified atom stereocenters. The molecule has 0 aliphatic heterocycles. The largest absolute Gasteiger partial charge is 0.483 e. The molecule has 1 N–H and O–H groups in total. The van der Waals surface area contributed by atoms with E-state index in [0.717, 1.165) is 24.2 Å². The third-order valence-electron chi connectivity index (χ3n) is 2.18. The highest BCUT2D eigenvalue weighted by Crippen LogP contribution is 2.06. The minimum atomic E-state index is 0.241. The molecule has 14 heavy (non-hydrogen) atoms. The molecule has 0 saturated carbocycles. The second kappa shape index (κ2) is 4.79. The zero-order valence-corrected chi connectivity index (χ0v) is 9.00. The molecule has 0 atom stereocenters. The Labute approximate surface area is 84.4 Å². The highest BCUT2D eigenvalue weighted by atomic mass is 16.5. The van der Waals surface area contributed by atoms with Crippen molar-refractivity contribution < 1.29 is 4.74 Å². The summed E-state index contributed by atoms with van der Waals surface area (Å²) in [5.41, 5.74) is 2.23. The van der Waals surface area contributed by atoms with Crippen molar-refractivity contribution in [2.75, 3.05) is 7.11 Å². The molecule has 78 valence electrons. The minimum absolute atomic E-state index is 0.241. The number of hydrogen-bond acceptors (Lipinski definition) is 3. The first-order chi connectivity index (χ1) is 6.71. The molecular formula is C10H17N3O. The molecular weight excluding hydrogens is 178 g/mol. The second-order valence-corrected chi connectivity index (χ2v) is 3.12. The van der Waals surface area contributed by atoms with Gasteiger partial charge in [-0.2, -0.15) is 5.10 Å². The van der Waals surface area contributed by atoms with Crippen molar-refractivity contribution in [3.8, 4) is 0 Å². The van der Waals surface area contributed by atoms with Gasteiger partial charge in [0.2, 0.25) is 5.90 Å². The van der Waals surface area contributed by atoms with Crippen LogP contribution in [0, 0.1) is 5.41 Å². The van der Waals surface area contributed by atoms with Crippen LogP contribution in [0.3, 0.4) is 0 Å². The molecule has 1 aromatic heterocycles. The van der Waals surface area contributed by atoms with Crippen LogP contribution < -0.4 is 0 Å². The van der Waals surface area contributed by atoms with Crippen molar-refractivity contribution in [2.45, 2.75) is 33.2 Å². The zero-order chi connectivity index (χ0) is 10.6. The predicted octanol–water partition coefficient (Wildman–Crippen LogP) is 1.63. The summed E-state index contributed by atoms with van der Waals surface area (Å²) in [4.78, 5) is 0. The summed E-state index contributed by atoms with van der Waals surface area (Å²) in [7, 11) is 1.51. The summed E-state index contributed by atoms with van der Waals surface area (Å²) in [6.07, 6.45) is 1.87. The Morgan fingerprint density at radius 2 is 2.21 bits per heavy atom. The summed E-state index contributed by atoms with van der Waals surface area (Å²) in [6.45, 7) is 4.59. The van der Waals surface area contributed by atoms with Gasteiger partial charge in [0.05, 0.1) is 12.8 Å². The molecule has 0 aromatic carbocycles. The van der Waals surface area contributed by atoms with Gasteiger partial charge >= 0.3 is 0 Å². The molecule has 1 rings (SSSR count). The number of hydrogen-bond donors (Lipinski definition) is 1. The number of nitrogens with one attached hydrogen (secondary N) is 1. The number of rotatable bonds is 4. The molecule has 0 saturated heterocycles. The van der Waals surface area contributed by atoms with Crippen LogP contribution in [0.15, 0.2) is 6.07 Å². The van der Waals surface area contributed by atoms with Gasteiger partial charge in [0.15, 0.2) is 0 Å². The molecule has 1 heterocycles. The predicted molar refractivity (Wildman–Crippen MR) is 55.7 cm³/mol. The molecule has 0 radical (unpaired) electrons. The van der Waals surface area contributed by atoms with E-state index in [1.54, 1.807) is 0 Å². The fourth-order valence-electron chi connectivity index (χ4n) is 1.31. The Morgan fingerprint density at radius 1 is 1.50 bits per heavy atom. The van der Waals surface area contributed by atoms with Crippen LogP contribution in [0.1, 0.15) is 25.2 Å². The molecule has 4 nitrogen and oxygen atoms in total. The van der Waals surface area contributed by atoms with Gasteiger partial charge in [-0.05, 0) is 18.9 Å². The average molecular weight is 195 g/mol. The van der Waals surface area contributed by atoms with E-state index in [-0.39, 0.29) is 5.90 Å². The second-order valence-electron chi connectivity index (χ2n) is 3.12. The van der Waals surface area contributed by atoms with E-state index in [2.05, 4.69) is 25.0 Å². The molecule has 0 aliphatic carbocycles. The highest BCUT2D eigenvalue weighted by molar-refractivity contribution is 5.72. The van der Waals surface area contributed by atoms with Crippen molar-refractivity contribution in [3.63, 3.8) is 0 Å². The van der Waals surface area contributed by atoms with Crippen LogP contribution in [0.2, 0.25) is 0 Å². The van der Waals surface area contributed by atoms with Gasteiger partial charge in [-0.25, -0.2) is 0 Å². The number of ether oxygens (including phenoxy) is 1. The Bertz CT molecular complexity index is 317. The maximum atomic E-state index is 7.43. The standard InChI is InChI=1S/C10H17N3O/c1-4-8-6-9(5-2)13(12-8)7-10(11)14-3/h6,11H,4-5,7H2,1-3H3. The van der Waals surface area contributed by atoms with Crippen molar-refractivity contribution in [1.29, 1.82) is 5.41 Å². The van der Waals surface area contributed by atoms with Crippen molar-refractivity contribution in [1.82, 2.24) is 9.78 Å². The third kappa shape index (κ3) is 2.34. The monoisotopic (exact) mass is 195 g/mol. The molecule has 0 aliphatic rings. The number of aromatic nitrogens is 2. The normalized spacial score (nSPS) is 10.2. The maximum absolute atomic E-state index is 7.43. The van der Waals surface area contributed by atoms with Crippen LogP contribution in [0.5, 0.6) is 0 Å². The minimum Gasteiger partial charge on any atom is -0.483 e. The number of aryl methyl sites for hydroxylation is 2. The number of nitrogens with zero attached hydrogens (tertiary/aromatic N) is 2. The van der Waals surface area contributed by atoms with Crippen molar-refractivity contribution in [2.24, 2.45) is 0 Å². The van der Waals surface area contributed by atoms with E-state index in [1.165, 1.54) is 7.11 Å². The maximum Gasteiger partial charge on any atom is 0.202 e. The van der Waals surface area contributed by atoms with Gasteiger partial charge in [0.1, 0.15) is 6.54 Å². The average Bonchev–Trinajstić information content (AvgIpc) is 2.60. The molecule has 0 bridgehead atoms. The van der Waals surface area contributed by atoms with E-state index in [4.69, 9.17) is 10.1 Å². The Balaban J connectivity index is 2.83. The van der Waals surface area contributed by atoms with Gasteiger partial charge < -0.3 is 4.74 Å². The first-order valence-corrected chi connectivity index (χ1v) is 4.88. The molecule has 1 aromatic rings. The van der Waals surface area contributed by atoms with Gasteiger partial charge in [-0.15, -0.1) is 0 Å². The lowest BCUT2D eigenvalue weighted by atomic mass is 10.3. The van der Waals surface area contributed by atoms with E-state index in [9.17, 15) is 0 Å². The highest BCUT2D eigenvalue weighted by Gasteiger charge is 2.06. The topological polar surface area (TPSA) is 50.9 Å². The SMILES string of the molecule is CCc1cc(CC)n(CC(=N)OC)n1. The van der Waals surface area contributed by atoms with E-state index in [1.807, 2.05) is 4.68 Å². The van der Waals surface area contributed by atoms with E-state index in [0.29, 0.717) is 6.54 Å². The lowest BCUT2D eigenvalue weighted by Gasteiger charge is -2.05. The fraction of sp³-hybridized carbons (Fsp3) is 0.600.